The van der Waals surface area contributed by atoms with E-state index in [-0.39, 0.29) is 0 Å². The molecule has 1 aliphatic carbocycles. The van der Waals surface area contributed by atoms with Gasteiger partial charge in [-0.2, -0.15) is 0 Å². The Morgan fingerprint density at radius 1 is 0.929 bits per heavy atom. The van der Waals surface area contributed by atoms with Gasteiger partial charge in [0.05, 0.1) is 0 Å². The van der Waals surface area contributed by atoms with Crippen LogP contribution in [0, 0.1) is 13.8 Å². The maximum Gasteiger partial charge on any atom is 0.0335 e. The third-order valence-corrected chi connectivity index (χ3v) is 3.52. The van der Waals surface area contributed by atoms with Crippen molar-refractivity contribution in [3.63, 3.8) is 0 Å². The van der Waals surface area contributed by atoms with Gasteiger partial charge in [0.1, 0.15) is 0 Å². The Bertz CT molecular complexity index is 271. The summed E-state index contributed by atoms with van der Waals surface area (Å²) in [6, 6.07) is 5.29. The predicted octanol–water partition coefficient (Wildman–Crippen LogP) is 4.00. The number of rotatable bonds is 1. The molecule has 0 N–H and O–H groups in total. The lowest BCUT2D eigenvalue weighted by molar-refractivity contribution is 0.431. The molecule has 0 spiro atoms. The third kappa shape index (κ3) is 1.87. The van der Waals surface area contributed by atoms with Crippen molar-refractivity contribution in [3.05, 3.63) is 23.5 Å². The lowest BCUT2D eigenvalue weighted by Gasteiger charge is -2.20. The molecule has 1 heteroatoms. The van der Waals surface area contributed by atoms with E-state index in [0.29, 0.717) is 0 Å². The van der Waals surface area contributed by atoms with Crippen LogP contribution in [-0.4, -0.2) is 4.57 Å². The summed E-state index contributed by atoms with van der Waals surface area (Å²) >= 11 is 0. The first-order valence-corrected chi connectivity index (χ1v) is 5.93. The summed E-state index contributed by atoms with van der Waals surface area (Å²) in [5.74, 6) is 0. The Kier molecular flexibility index (Phi) is 2.95. The van der Waals surface area contributed by atoms with Gasteiger partial charge in [-0.25, -0.2) is 0 Å². The van der Waals surface area contributed by atoms with Crippen LogP contribution in [0.1, 0.15) is 56.0 Å². The first-order chi connectivity index (χ1) is 6.79. The van der Waals surface area contributed by atoms with Crippen LogP contribution in [0.5, 0.6) is 0 Å². The van der Waals surface area contributed by atoms with E-state index in [2.05, 4.69) is 30.5 Å². The Morgan fingerprint density at radius 3 is 1.93 bits per heavy atom. The van der Waals surface area contributed by atoms with Gasteiger partial charge >= 0.3 is 0 Å². The maximum absolute atomic E-state index is 2.55. The highest BCUT2D eigenvalue weighted by molar-refractivity contribution is 5.15. The molecule has 2 rings (SSSR count). The zero-order chi connectivity index (χ0) is 9.97. The van der Waals surface area contributed by atoms with Crippen molar-refractivity contribution < 1.29 is 0 Å². The molecule has 0 unspecified atom stereocenters. The van der Waals surface area contributed by atoms with Crippen LogP contribution in [0.3, 0.4) is 0 Å². The van der Waals surface area contributed by atoms with Crippen LogP contribution in [-0.2, 0) is 0 Å². The van der Waals surface area contributed by atoms with Gasteiger partial charge < -0.3 is 4.57 Å². The minimum atomic E-state index is 0.785. The number of hydrogen-bond acceptors (Lipinski definition) is 0. The molecule has 0 atom stereocenters. The Morgan fingerprint density at radius 2 is 1.43 bits per heavy atom. The molecular formula is C13H21N. The smallest absolute Gasteiger partial charge is 0.0335 e. The summed E-state index contributed by atoms with van der Waals surface area (Å²) in [5, 5.41) is 0. The van der Waals surface area contributed by atoms with E-state index in [0.717, 1.165) is 6.04 Å². The first-order valence-electron chi connectivity index (χ1n) is 5.93. The Balaban J connectivity index is 2.19. The minimum Gasteiger partial charge on any atom is -0.346 e. The van der Waals surface area contributed by atoms with Crippen molar-refractivity contribution in [3.8, 4) is 0 Å². The van der Waals surface area contributed by atoms with Crippen LogP contribution < -0.4 is 0 Å². The van der Waals surface area contributed by atoms with Gasteiger partial charge in [0.25, 0.3) is 0 Å². The van der Waals surface area contributed by atoms with Crippen LogP contribution in [0.2, 0.25) is 0 Å². The minimum absolute atomic E-state index is 0.785. The Hall–Kier alpha value is -0.720. The molecule has 1 aromatic rings. The van der Waals surface area contributed by atoms with Gasteiger partial charge in [-0.05, 0) is 38.8 Å². The highest BCUT2D eigenvalue weighted by Crippen LogP contribution is 2.29. The fourth-order valence-corrected chi connectivity index (χ4v) is 2.77. The molecule has 14 heavy (non-hydrogen) atoms. The molecule has 0 aromatic carbocycles. The third-order valence-electron chi connectivity index (χ3n) is 3.52. The highest BCUT2D eigenvalue weighted by atomic mass is 15.0. The standard InChI is InChI=1S/C13H21N/c1-11-9-10-12(2)14(11)13-7-5-3-4-6-8-13/h9-10,13H,3-8H2,1-2H3. The zero-order valence-electron chi connectivity index (χ0n) is 9.42. The van der Waals surface area contributed by atoms with E-state index >= 15 is 0 Å². The predicted molar refractivity (Wildman–Crippen MR) is 60.6 cm³/mol. The molecule has 0 bridgehead atoms. The van der Waals surface area contributed by atoms with Gasteiger partial charge in [0.15, 0.2) is 0 Å². The second-order valence-electron chi connectivity index (χ2n) is 4.63. The van der Waals surface area contributed by atoms with E-state index in [1.54, 1.807) is 0 Å². The fourth-order valence-electron chi connectivity index (χ4n) is 2.77. The monoisotopic (exact) mass is 191 g/mol. The summed E-state index contributed by atoms with van der Waals surface area (Å²) in [6.07, 6.45) is 8.49. The molecule has 1 fully saturated rings. The van der Waals surface area contributed by atoms with Gasteiger partial charge in [0.2, 0.25) is 0 Å². The number of hydrogen-bond donors (Lipinski definition) is 0. The summed E-state index contributed by atoms with van der Waals surface area (Å²) in [6.45, 7) is 4.47. The fraction of sp³-hybridized carbons (Fsp3) is 0.692. The summed E-state index contributed by atoms with van der Waals surface area (Å²) < 4.78 is 2.55. The second-order valence-corrected chi connectivity index (χ2v) is 4.63. The molecule has 1 saturated carbocycles. The molecule has 78 valence electrons. The van der Waals surface area contributed by atoms with Crippen molar-refractivity contribution in [2.24, 2.45) is 0 Å². The lowest BCUT2D eigenvalue weighted by atomic mass is 10.1. The summed E-state index contributed by atoms with van der Waals surface area (Å²) in [4.78, 5) is 0. The quantitative estimate of drug-likeness (QED) is 0.591. The van der Waals surface area contributed by atoms with Crippen molar-refractivity contribution in [1.82, 2.24) is 4.57 Å². The van der Waals surface area contributed by atoms with E-state index in [9.17, 15) is 0 Å². The van der Waals surface area contributed by atoms with Crippen LogP contribution >= 0.6 is 0 Å². The molecule has 0 saturated heterocycles. The van der Waals surface area contributed by atoms with Crippen LogP contribution in [0.25, 0.3) is 0 Å². The maximum atomic E-state index is 2.55. The molecule has 1 aromatic heterocycles. The van der Waals surface area contributed by atoms with Gasteiger partial charge in [-0.3, -0.25) is 0 Å². The molecule has 1 heterocycles. The van der Waals surface area contributed by atoms with Crippen molar-refractivity contribution in [2.75, 3.05) is 0 Å². The second kappa shape index (κ2) is 4.20. The summed E-state index contributed by atoms with van der Waals surface area (Å²) in [5.41, 5.74) is 2.88. The normalized spacial score (nSPS) is 19.6. The van der Waals surface area contributed by atoms with Gasteiger partial charge in [0, 0.05) is 17.4 Å². The van der Waals surface area contributed by atoms with Crippen LogP contribution in [0.4, 0.5) is 0 Å². The van der Waals surface area contributed by atoms with Gasteiger partial charge in [-0.15, -0.1) is 0 Å². The number of nitrogens with zero attached hydrogens (tertiary/aromatic N) is 1. The van der Waals surface area contributed by atoms with E-state index in [1.807, 2.05) is 0 Å². The summed E-state index contributed by atoms with van der Waals surface area (Å²) in [7, 11) is 0. The molecular weight excluding hydrogens is 170 g/mol. The molecule has 1 aliphatic rings. The molecule has 0 amide bonds. The average Bonchev–Trinajstić information content (AvgIpc) is 2.45. The van der Waals surface area contributed by atoms with Crippen molar-refractivity contribution in [2.45, 2.75) is 58.4 Å². The number of aromatic nitrogens is 1. The van der Waals surface area contributed by atoms with Crippen LogP contribution in [0.15, 0.2) is 12.1 Å². The molecule has 0 aliphatic heterocycles. The van der Waals surface area contributed by atoms with E-state index in [4.69, 9.17) is 0 Å². The zero-order valence-corrected chi connectivity index (χ0v) is 9.42. The van der Waals surface area contributed by atoms with Gasteiger partial charge in [-0.1, -0.05) is 25.7 Å². The highest BCUT2D eigenvalue weighted by Gasteiger charge is 2.16. The van der Waals surface area contributed by atoms with Crippen molar-refractivity contribution >= 4 is 0 Å². The van der Waals surface area contributed by atoms with E-state index in [1.165, 1.54) is 49.9 Å². The van der Waals surface area contributed by atoms with E-state index < -0.39 is 0 Å². The molecule has 0 radical (unpaired) electrons. The largest absolute Gasteiger partial charge is 0.346 e. The molecule has 1 nitrogen and oxygen atoms in total. The van der Waals surface area contributed by atoms with Crippen molar-refractivity contribution in [1.29, 1.82) is 0 Å². The lowest BCUT2D eigenvalue weighted by Crippen LogP contribution is -2.10. The first kappa shape index (κ1) is 9.82. The topological polar surface area (TPSA) is 4.93 Å². The Labute approximate surface area is 87.1 Å². The SMILES string of the molecule is Cc1ccc(C)n1C1CCCCCC1. The number of aryl methyl sites for hydroxylation is 2. The average molecular weight is 191 g/mol.